The first-order valence-corrected chi connectivity index (χ1v) is 6.98. The summed E-state index contributed by atoms with van der Waals surface area (Å²) in [5.74, 6) is -0.386. The smallest absolute Gasteiger partial charge is 0.255 e. The van der Waals surface area contributed by atoms with Crippen molar-refractivity contribution in [3.05, 3.63) is 57.6 Å². The van der Waals surface area contributed by atoms with Crippen LogP contribution in [0.25, 0.3) is 0 Å². The highest BCUT2D eigenvalue weighted by molar-refractivity contribution is 6.44. The minimum Gasteiger partial charge on any atom is -0.326 e. The summed E-state index contributed by atoms with van der Waals surface area (Å²) in [6, 6.07) is 10.1. The van der Waals surface area contributed by atoms with Crippen LogP contribution >= 0.6 is 23.2 Å². The number of fused-ring (bicyclic) bond motifs is 1. The molecule has 3 rings (SSSR count). The zero-order chi connectivity index (χ0) is 15.0. The third-order valence-corrected chi connectivity index (χ3v) is 4.02. The normalized spacial score (nSPS) is 12.8. The average Bonchev–Trinajstić information content (AvgIpc) is 2.82. The number of nitrogens with one attached hydrogen (secondary N) is 2. The maximum absolute atomic E-state index is 12.2. The van der Waals surface area contributed by atoms with Crippen LogP contribution in [0, 0.1) is 0 Å². The average molecular weight is 321 g/mol. The molecule has 0 atom stereocenters. The van der Waals surface area contributed by atoms with Crippen molar-refractivity contribution in [2.45, 2.75) is 6.42 Å². The van der Waals surface area contributed by atoms with Crippen LogP contribution in [0.15, 0.2) is 36.4 Å². The fourth-order valence-corrected chi connectivity index (χ4v) is 2.50. The zero-order valence-electron chi connectivity index (χ0n) is 10.7. The lowest BCUT2D eigenvalue weighted by Gasteiger charge is -2.09. The Kier molecular flexibility index (Phi) is 3.57. The first kappa shape index (κ1) is 13.9. The minimum atomic E-state index is -0.317. The minimum absolute atomic E-state index is 0.0690. The molecule has 2 N–H and O–H groups in total. The summed E-state index contributed by atoms with van der Waals surface area (Å²) in [5.41, 5.74) is 2.44. The van der Waals surface area contributed by atoms with Gasteiger partial charge in [-0.15, -0.1) is 0 Å². The fourth-order valence-electron chi connectivity index (χ4n) is 2.15. The number of halogens is 2. The summed E-state index contributed by atoms with van der Waals surface area (Å²) in [6.45, 7) is 0. The van der Waals surface area contributed by atoms with Gasteiger partial charge in [-0.25, -0.2) is 0 Å². The van der Waals surface area contributed by atoms with Gasteiger partial charge in [0.1, 0.15) is 0 Å². The van der Waals surface area contributed by atoms with Crippen molar-refractivity contribution in [3.63, 3.8) is 0 Å². The molecule has 21 heavy (non-hydrogen) atoms. The fraction of sp³-hybridized carbons (Fsp3) is 0.0667. The molecule has 0 saturated heterocycles. The molecule has 2 aromatic carbocycles. The molecular formula is C15H10Cl2N2O2. The van der Waals surface area contributed by atoms with E-state index in [-0.39, 0.29) is 11.8 Å². The Balaban J connectivity index is 1.85. The highest BCUT2D eigenvalue weighted by atomic mass is 35.5. The number of carbonyl (C=O) groups is 2. The van der Waals surface area contributed by atoms with Crippen LogP contribution < -0.4 is 10.6 Å². The van der Waals surface area contributed by atoms with Crippen molar-refractivity contribution < 1.29 is 9.59 Å². The van der Waals surface area contributed by atoms with E-state index in [0.29, 0.717) is 33.4 Å². The van der Waals surface area contributed by atoms with Gasteiger partial charge in [0.25, 0.3) is 5.91 Å². The van der Waals surface area contributed by atoms with Crippen molar-refractivity contribution in [3.8, 4) is 0 Å². The van der Waals surface area contributed by atoms with Crippen molar-refractivity contribution >= 4 is 46.4 Å². The monoisotopic (exact) mass is 320 g/mol. The first-order valence-electron chi connectivity index (χ1n) is 6.23. The number of amides is 2. The van der Waals surface area contributed by atoms with E-state index >= 15 is 0 Å². The molecule has 2 aromatic rings. The first-order chi connectivity index (χ1) is 10.0. The summed E-state index contributed by atoms with van der Waals surface area (Å²) in [5, 5.41) is 6.08. The Morgan fingerprint density at radius 2 is 2.00 bits per heavy atom. The van der Waals surface area contributed by atoms with Gasteiger partial charge in [-0.1, -0.05) is 35.3 Å². The molecule has 0 bridgehead atoms. The number of anilines is 2. The van der Waals surface area contributed by atoms with Crippen LogP contribution in [0.4, 0.5) is 11.4 Å². The molecule has 1 aliphatic heterocycles. The molecule has 0 aliphatic carbocycles. The lowest BCUT2D eigenvalue weighted by Crippen LogP contribution is -2.12. The van der Waals surface area contributed by atoms with Crippen LogP contribution in [0.3, 0.4) is 0 Å². The van der Waals surface area contributed by atoms with Crippen LogP contribution in [0.1, 0.15) is 15.9 Å². The molecule has 0 unspecified atom stereocenters. The predicted octanol–water partition coefficient (Wildman–Crippen LogP) is 3.74. The van der Waals surface area contributed by atoms with Gasteiger partial charge in [0.15, 0.2) is 0 Å². The Bertz CT molecular complexity index is 759. The highest BCUT2D eigenvalue weighted by Gasteiger charge is 2.19. The third kappa shape index (κ3) is 2.73. The summed E-state index contributed by atoms with van der Waals surface area (Å²) in [6.07, 6.45) is 0.345. The third-order valence-electron chi connectivity index (χ3n) is 3.20. The van der Waals surface area contributed by atoms with E-state index in [1.807, 2.05) is 0 Å². The topological polar surface area (TPSA) is 58.2 Å². The van der Waals surface area contributed by atoms with Crippen LogP contribution in [0.2, 0.25) is 10.0 Å². The molecule has 0 aromatic heterocycles. The molecular weight excluding hydrogens is 311 g/mol. The second-order valence-corrected chi connectivity index (χ2v) is 5.44. The van der Waals surface area contributed by atoms with E-state index in [0.717, 1.165) is 5.56 Å². The summed E-state index contributed by atoms with van der Waals surface area (Å²) in [7, 11) is 0. The lowest BCUT2D eigenvalue weighted by molar-refractivity contribution is -0.115. The van der Waals surface area contributed by atoms with Gasteiger partial charge in [-0.3, -0.25) is 9.59 Å². The van der Waals surface area contributed by atoms with E-state index in [4.69, 9.17) is 23.2 Å². The van der Waals surface area contributed by atoms with Crippen molar-refractivity contribution in [1.82, 2.24) is 0 Å². The number of carbonyl (C=O) groups excluding carboxylic acids is 2. The van der Waals surface area contributed by atoms with E-state index in [9.17, 15) is 9.59 Å². The largest absolute Gasteiger partial charge is 0.326 e. The van der Waals surface area contributed by atoms with Gasteiger partial charge >= 0.3 is 0 Å². The molecule has 2 amide bonds. The Morgan fingerprint density at radius 3 is 2.81 bits per heavy atom. The maximum Gasteiger partial charge on any atom is 0.255 e. The van der Waals surface area contributed by atoms with Gasteiger partial charge in [0.2, 0.25) is 5.91 Å². The Labute approximate surface area is 131 Å². The standard InChI is InChI=1S/C15H10Cl2N2O2/c16-10-2-1-3-11(14(10)17)19-15(21)9-5-4-8-7-13(20)18-12(8)6-9/h1-6H,7H2,(H,18,20)(H,19,21). The molecule has 1 heterocycles. The van der Waals surface area contributed by atoms with Gasteiger partial charge in [0.05, 0.1) is 22.2 Å². The molecule has 0 spiro atoms. The number of hydrogen-bond acceptors (Lipinski definition) is 2. The highest BCUT2D eigenvalue weighted by Crippen LogP contribution is 2.30. The van der Waals surface area contributed by atoms with Gasteiger partial charge in [-0.05, 0) is 29.8 Å². The van der Waals surface area contributed by atoms with E-state index in [2.05, 4.69) is 10.6 Å². The number of rotatable bonds is 2. The molecule has 0 saturated carbocycles. The molecule has 106 valence electrons. The van der Waals surface area contributed by atoms with E-state index in [1.165, 1.54) is 0 Å². The predicted molar refractivity (Wildman–Crippen MR) is 83.2 cm³/mol. The van der Waals surface area contributed by atoms with E-state index < -0.39 is 0 Å². The van der Waals surface area contributed by atoms with E-state index in [1.54, 1.807) is 36.4 Å². The van der Waals surface area contributed by atoms with Crippen molar-refractivity contribution in [2.75, 3.05) is 10.6 Å². The number of benzene rings is 2. The van der Waals surface area contributed by atoms with Crippen molar-refractivity contribution in [1.29, 1.82) is 0 Å². The van der Waals surface area contributed by atoms with Crippen LogP contribution in [-0.4, -0.2) is 11.8 Å². The molecule has 1 aliphatic rings. The van der Waals surface area contributed by atoms with Crippen molar-refractivity contribution in [2.24, 2.45) is 0 Å². The molecule has 4 nitrogen and oxygen atoms in total. The maximum atomic E-state index is 12.2. The second-order valence-electron chi connectivity index (χ2n) is 4.65. The Hall–Kier alpha value is -2.04. The van der Waals surface area contributed by atoms with Gasteiger partial charge in [-0.2, -0.15) is 0 Å². The van der Waals surface area contributed by atoms with Crippen LogP contribution in [0.5, 0.6) is 0 Å². The molecule has 0 radical (unpaired) electrons. The zero-order valence-corrected chi connectivity index (χ0v) is 12.3. The molecule has 0 fully saturated rings. The summed E-state index contributed by atoms with van der Waals surface area (Å²) >= 11 is 11.9. The molecule has 6 heteroatoms. The SMILES string of the molecule is O=C1Cc2ccc(C(=O)Nc3cccc(Cl)c3Cl)cc2N1. The van der Waals surface area contributed by atoms with Crippen LogP contribution in [-0.2, 0) is 11.2 Å². The summed E-state index contributed by atoms with van der Waals surface area (Å²) < 4.78 is 0. The lowest BCUT2D eigenvalue weighted by atomic mass is 10.1. The van der Waals surface area contributed by atoms with Gasteiger partial charge < -0.3 is 10.6 Å². The Morgan fingerprint density at radius 1 is 1.19 bits per heavy atom. The van der Waals surface area contributed by atoms with Gasteiger partial charge in [0, 0.05) is 11.3 Å². The number of hydrogen-bond donors (Lipinski definition) is 2. The summed E-state index contributed by atoms with van der Waals surface area (Å²) in [4.78, 5) is 23.5. The second kappa shape index (κ2) is 5.39. The quantitative estimate of drug-likeness (QED) is 0.885.